The molecule has 4 heteroatoms. The minimum atomic E-state index is -0.0975. The molecule has 0 aliphatic heterocycles. The van der Waals surface area contributed by atoms with Crippen LogP contribution >= 0.6 is 11.8 Å². The third-order valence-electron chi connectivity index (χ3n) is 2.55. The van der Waals surface area contributed by atoms with Gasteiger partial charge >= 0.3 is 0 Å². The number of rotatable bonds is 6. The second kappa shape index (κ2) is 7.60. The van der Waals surface area contributed by atoms with Crippen LogP contribution < -0.4 is 10.1 Å². The largest absolute Gasteiger partial charge is 0.491 e. The van der Waals surface area contributed by atoms with Crippen molar-refractivity contribution in [3.8, 4) is 5.75 Å². The van der Waals surface area contributed by atoms with Gasteiger partial charge in [0.25, 0.3) is 0 Å². The first-order valence-corrected chi connectivity index (χ1v) is 7.41. The second-order valence-electron chi connectivity index (χ2n) is 4.19. The van der Waals surface area contributed by atoms with Crippen molar-refractivity contribution in [1.82, 2.24) is 0 Å². The van der Waals surface area contributed by atoms with Crippen molar-refractivity contribution in [1.29, 1.82) is 0 Å². The van der Waals surface area contributed by atoms with Gasteiger partial charge < -0.3 is 10.1 Å². The molecular weight excluding hydrogens is 270 g/mol. The van der Waals surface area contributed by atoms with Crippen LogP contribution in [0.5, 0.6) is 5.75 Å². The molecular formula is C16H17NO2S. The molecule has 0 fully saturated rings. The lowest BCUT2D eigenvalue weighted by atomic mass is 10.3. The maximum atomic E-state index is 11.1. The van der Waals surface area contributed by atoms with Crippen LogP contribution in [0.4, 0.5) is 5.69 Å². The quantitative estimate of drug-likeness (QED) is 0.648. The monoisotopic (exact) mass is 287 g/mol. The molecule has 0 saturated carbocycles. The minimum absolute atomic E-state index is 0.0975. The first kappa shape index (κ1) is 14.5. The van der Waals surface area contributed by atoms with Crippen LogP contribution in [0.25, 0.3) is 0 Å². The van der Waals surface area contributed by atoms with Crippen molar-refractivity contribution < 1.29 is 9.53 Å². The number of nitrogens with one attached hydrogen (secondary N) is 1. The fourth-order valence-corrected chi connectivity index (χ4v) is 2.47. The van der Waals surface area contributed by atoms with Gasteiger partial charge in [0.2, 0.25) is 5.91 Å². The van der Waals surface area contributed by atoms with Crippen molar-refractivity contribution in [3.05, 3.63) is 54.6 Å². The van der Waals surface area contributed by atoms with E-state index in [0.717, 1.165) is 5.75 Å². The summed E-state index contributed by atoms with van der Waals surface area (Å²) in [4.78, 5) is 12.3. The van der Waals surface area contributed by atoms with Gasteiger partial charge in [-0.05, 0) is 24.3 Å². The summed E-state index contributed by atoms with van der Waals surface area (Å²) in [5.41, 5.74) is 0.713. The number of hydrogen-bond acceptors (Lipinski definition) is 3. The maximum Gasteiger partial charge on any atom is 0.221 e. The zero-order valence-corrected chi connectivity index (χ0v) is 12.2. The Balaban J connectivity index is 1.83. The standard InChI is InChI=1S/C16H17NO2S/c1-13(18)17-15-9-5-6-10-16(15)19-11-12-20-14-7-3-2-4-8-14/h2-10H,11-12H2,1H3,(H,17,18). The van der Waals surface area contributed by atoms with Crippen LogP contribution in [0.1, 0.15) is 6.92 Å². The van der Waals surface area contributed by atoms with Gasteiger partial charge in [-0.2, -0.15) is 0 Å². The third kappa shape index (κ3) is 4.63. The summed E-state index contributed by atoms with van der Waals surface area (Å²) in [6.07, 6.45) is 0. The van der Waals surface area contributed by atoms with Crippen LogP contribution in [0, 0.1) is 0 Å². The number of ether oxygens (including phenoxy) is 1. The molecule has 1 N–H and O–H groups in total. The molecule has 0 bridgehead atoms. The summed E-state index contributed by atoms with van der Waals surface area (Å²) in [5, 5.41) is 2.76. The highest BCUT2D eigenvalue weighted by Crippen LogP contribution is 2.24. The second-order valence-corrected chi connectivity index (χ2v) is 5.36. The Morgan fingerprint density at radius 3 is 2.55 bits per heavy atom. The van der Waals surface area contributed by atoms with Gasteiger partial charge in [-0.15, -0.1) is 11.8 Å². The van der Waals surface area contributed by atoms with Crippen molar-refractivity contribution in [2.24, 2.45) is 0 Å². The van der Waals surface area contributed by atoms with Crippen molar-refractivity contribution in [2.75, 3.05) is 17.7 Å². The normalized spacial score (nSPS) is 10.1. The molecule has 104 valence electrons. The van der Waals surface area contributed by atoms with Crippen molar-refractivity contribution in [3.63, 3.8) is 0 Å². The van der Waals surface area contributed by atoms with Crippen LogP contribution in [-0.2, 0) is 4.79 Å². The molecule has 0 aliphatic carbocycles. The summed E-state index contributed by atoms with van der Waals surface area (Å²) in [6.45, 7) is 2.08. The van der Waals surface area contributed by atoms with Gasteiger partial charge in [-0.1, -0.05) is 30.3 Å². The summed E-state index contributed by atoms with van der Waals surface area (Å²) in [7, 11) is 0. The van der Waals surface area contributed by atoms with Crippen LogP contribution in [0.15, 0.2) is 59.5 Å². The Bertz CT molecular complexity index is 557. The number of benzene rings is 2. The predicted molar refractivity (Wildman–Crippen MR) is 83.4 cm³/mol. The fourth-order valence-electron chi connectivity index (χ4n) is 1.71. The number of anilines is 1. The zero-order chi connectivity index (χ0) is 14.2. The highest BCUT2D eigenvalue weighted by molar-refractivity contribution is 7.99. The molecule has 0 saturated heterocycles. The Morgan fingerprint density at radius 1 is 1.10 bits per heavy atom. The highest BCUT2D eigenvalue weighted by Gasteiger charge is 2.04. The zero-order valence-electron chi connectivity index (χ0n) is 11.3. The lowest BCUT2D eigenvalue weighted by Gasteiger charge is -2.11. The smallest absolute Gasteiger partial charge is 0.221 e. The van der Waals surface area contributed by atoms with E-state index in [4.69, 9.17) is 4.74 Å². The molecule has 2 aromatic carbocycles. The summed E-state index contributed by atoms with van der Waals surface area (Å²) < 4.78 is 5.72. The third-order valence-corrected chi connectivity index (χ3v) is 3.53. The lowest BCUT2D eigenvalue weighted by molar-refractivity contribution is -0.114. The number of carbonyl (C=O) groups is 1. The van der Waals surface area contributed by atoms with Gasteiger partial charge in [-0.25, -0.2) is 0 Å². The lowest BCUT2D eigenvalue weighted by Crippen LogP contribution is -2.08. The van der Waals surface area contributed by atoms with E-state index < -0.39 is 0 Å². The molecule has 0 aromatic heterocycles. The van der Waals surface area contributed by atoms with Crippen LogP contribution in [0.2, 0.25) is 0 Å². The van der Waals surface area contributed by atoms with E-state index in [1.54, 1.807) is 11.8 Å². The maximum absolute atomic E-state index is 11.1. The number of para-hydroxylation sites is 2. The Hall–Kier alpha value is -1.94. The molecule has 0 aliphatic rings. The molecule has 3 nitrogen and oxygen atoms in total. The average molecular weight is 287 g/mol. The molecule has 0 heterocycles. The van der Waals surface area contributed by atoms with Crippen LogP contribution in [0.3, 0.4) is 0 Å². The Morgan fingerprint density at radius 2 is 1.80 bits per heavy atom. The fraction of sp³-hybridized carbons (Fsp3) is 0.188. The van der Waals surface area contributed by atoms with Gasteiger partial charge in [0, 0.05) is 17.6 Å². The van der Waals surface area contributed by atoms with Crippen molar-refractivity contribution in [2.45, 2.75) is 11.8 Å². The minimum Gasteiger partial charge on any atom is -0.491 e. The molecule has 2 aromatic rings. The molecule has 0 atom stereocenters. The molecule has 0 unspecified atom stereocenters. The number of thioether (sulfide) groups is 1. The topological polar surface area (TPSA) is 38.3 Å². The summed E-state index contributed by atoms with van der Waals surface area (Å²) in [5.74, 6) is 1.47. The van der Waals surface area contributed by atoms with E-state index in [0.29, 0.717) is 18.0 Å². The van der Waals surface area contributed by atoms with E-state index in [2.05, 4.69) is 17.4 Å². The SMILES string of the molecule is CC(=O)Nc1ccccc1OCCSc1ccccc1. The Kier molecular flexibility index (Phi) is 5.50. The highest BCUT2D eigenvalue weighted by atomic mass is 32.2. The molecule has 1 amide bonds. The van der Waals surface area contributed by atoms with E-state index in [1.165, 1.54) is 11.8 Å². The van der Waals surface area contributed by atoms with E-state index in [1.807, 2.05) is 42.5 Å². The van der Waals surface area contributed by atoms with Gasteiger partial charge in [0.05, 0.1) is 12.3 Å². The predicted octanol–water partition coefficient (Wildman–Crippen LogP) is 3.82. The Labute approximate surface area is 123 Å². The molecule has 0 radical (unpaired) electrons. The molecule has 20 heavy (non-hydrogen) atoms. The number of amides is 1. The van der Waals surface area contributed by atoms with Gasteiger partial charge in [0.1, 0.15) is 5.75 Å². The van der Waals surface area contributed by atoms with E-state index in [-0.39, 0.29) is 5.91 Å². The van der Waals surface area contributed by atoms with Gasteiger partial charge in [-0.3, -0.25) is 4.79 Å². The first-order valence-electron chi connectivity index (χ1n) is 6.43. The van der Waals surface area contributed by atoms with Crippen molar-refractivity contribution >= 4 is 23.4 Å². The molecule has 0 spiro atoms. The average Bonchev–Trinajstić information content (AvgIpc) is 2.46. The summed E-state index contributed by atoms with van der Waals surface area (Å²) >= 11 is 1.75. The van der Waals surface area contributed by atoms with E-state index >= 15 is 0 Å². The number of hydrogen-bond donors (Lipinski definition) is 1. The number of carbonyl (C=O) groups excluding carboxylic acids is 1. The van der Waals surface area contributed by atoms with Crippen LogP contribution in [-0.4, -0.2) is 18.3 Å². The summed E-state index contributed by atoms with van der Waals surface area (Å²) in [6, 6.07) is 17.7. The molecule has 2 rings (SSSR count). The van der Waals surface area contributed by atoms with Gasteiger partial charge in [0.15, 0.2) is 0 Å². The van der Waals surface area contributed by atoms with E-state index in [9.17, 15) is 4.79 Å². The first-order chi connectivity index (χ1) is 9.75.